The Labute approximate surface area is 186 Å². The van der Waals surface area contributed by atoms with Gasteiger partial charge in [0.1, 0.15) is 5.75 Å². The number of amides is 1. The van der Waals surface area contributed by atoms with Crippen LogP contribution in [0.4, 0.5) is 11.4 Å². The average molecular weight is 440 g/mol. The first-order chi connectivity index (χ1) is 13.2. The number of rotatable bonds is 7. The van der Waals surface area contributed by atoms with Gasteiger partial charge in [0.05, 0.1) is 18.4 Å². The van der Waals surface area contributed by atoms with Crippen LogP contribution >= 0.6 is 24.8 Å². The second-order valence-corrected chi connectivity index (χ2v) is 6.95. The number of benzene rings is 2. The Hall–Kier alpha value is -1.95. The molecule has 0 aliphatic carbocycles. The molecule has 1 amide bonds. The molecule has 0 bridgehead atoms. The van der Waals surface area contributed by atoms with Gasteiger partial charge in [-0.3, -0.25) is 4.79 Å². The zero-order chi connectivity index (χ0) is 19.1. The summed E-state index contributed by atoms with van der Waals surface area (Å²) in [6.45, 7) is 5.82. The molecule has 0 spiro atoms. The van der Waals surface area contributed by atoms with Crippen LogP contribution in [0.5, 0.6) is 5.75 Å². The van der Waals surface area contributed by atoms with Crippen LogP contribution in [0, 0.1) is 5.92 Å². The van der Waals surface area contributed by atoms with Crippen LogP contribution in [0.15, 0.2) is 48.5 Å². The van der Waals surface area contributed by atoms with Gasteiger partial charge in [0, 0.05) is 24.8 Å². The number of anilines is 2. The fraction of sp³-hybridized carbons (Fsp3) is 0.409. The number of hydrogen-bond donors (Lipinski definition) is 2. The molecule has 0 atom stereocenters. The highest BCUT2D eigenvalue weighted by Crippen LogP contribution is 2.26. The minimum absolute atomic E-state index is 0. The molecule has 1 saturated heterocycles. The quantitative estimate of drug-likeness (QED) is 0.653. The number of carbonyl (C=O) groups is 1. The monoisotopic (exact) mass is 439 g/mol. The van der Waals surface area contributed by atoms with Gasteiger partial charge in [-0.2, -0.15) is 0 Å². The van der Waals surface area contributed by atoms with Gasteiger partial charge in [0.2, 0.25) is 0 Å². The molecule has 2 aromatic carbocycles. The molecule has 1 heterocycles. The van der Waals surface area contributed by atoms with E-state index in [1.54, 1.807) is 7.11 Å². The molecule has 7 heteroatoms. The number of para-hydroxylation sites is 1. The molecule has 0 saturated carbocycles. The summed E-state index contributed by atoms with van der Waals surface area (Å²) >= 11 is 0. The van der Waals surface area contributed by atoms with Crippen LogP contribution < -0.4 is 15.4 Å². The minimum Gasteiger partial charge on any atom is -0.497 e. The van der Waals surface area contributed by atoms with Gasteiger partial charge in [0.15, 0.2) is 0 Å². The van der Waals surface area contributed by atoms with Gasteiger partial charge < -0.3 is 20.3 Å². The molecule has 0 radical (unpaired) electrons. The highest BCUT2D eigenvalue weighted by molar-refractivity contribution is 6.00. The summed E-state index contributed by atoms with van der Waals surface area (Å²) in [6.07, 6.45) is 2.12. The number of methoxy groups -OCH3 is 1. The molecule has 0 unspecified atom stereocenters. The number of hydrogen-bond acceptors (Lipinski definition) is 4. The van der Waals surface area contributed by atoms with Gasteiger partial charge in [-0.05, 0) is 56.1 Å². The molecular weight excluding hydrogens is 409 g/mol. The summed E-state index contributed by atoms with van der Waals surface area (Å²) < 4.78 is 5.28. The van der Waals surface area contributed by atoms with E-state index in [9.17, 15) is 4.79 Å². The summed E-state index contributed by atoms with van der Waals surface area (Å²) in [5.41, 5.74) is 2.44. The predicted molar refractivity (Wildman–Crippen MR) is 124 cm³/mol. The van der Waals surface area contributed by atoms with Crippen molar-refractivity contribution in [3.8, 4) is 5.75 Å². The molecule has 2 N–H and O–H groups in total. The largest absolute Gasteiger partial charge is 0.497 e. The minimum atomic E-state index is 0. The number of ether oxygens (including phenoxy) is 1. The van der Waals surface area contributed by atoms with Crippen molar-refractivity contribution in [2.75, 3.05) is 38.6 Å². The van der Waals surface area contributed by atoms with Crippen molar-refractivity contribution in [1.82, 2.24) is 10.2 Å². The van der Waals surface area contributed by atoms with Gasteiger partial charge in [0.25, 0.3) is 5.91 Å². The molecule has 29 heavy (non-hydrogen) atoms. The maximum Gasteiger partial charge on any atom is 0.255 e. The Balaban J connectivity index is 0.00000210. The van der Waals surface area contributed by atoms with Crippen LogP contribution in [0.2, 0.25) is 0 Å². The number of nitrogens with zero attached hydrogens (tertiary/aromatic N) is 1. The van der Waals surface area contributed by atoms with E-state index in [0.717, 1.165) is 56.1 Å². The highest BCUT2D eigenvalue weighted by atomic mass is 35.5. The number of carbonyl (C=O) groups excluding carboxylic acids is 1. The third-order valence-electron chi connectivity index (χ3n) is 5.09. The molecule has 5 nitrogen and oxygen atoms in total. The van der Waals surface area contributed by atoms with Crippen LogP contribution in [0.3, 0.4) is 0 Å². The van der Waals surface area contributed by atoms with E-state index in [0.29, 0.717) is 11.5 Å². The second-order valence-electron chi connectivity index (χ2n) is 6.95. The van der Waals surface area contributed by atoms with E-state index < -0.39 is 0 Å². The molecule has 2 aromatic rings. The molecule has 160 valence electrons. The smallest absolute Gasteiger partial charge is 0.255 e. The van der Waals surface area contributed by atoms with Crippen molar-refractivity contribution in [3.05, 3.63) is 54.1 Å². The fourth-order valence-electron chi connectivity index (χ4n) is 3.49. The lowest BCUT2D eigenvalue weighted by Gasteiger charge is -2.32. The van der Waals surface area contributed by atoms with Crippen molar-refractivity contribution in [2.45, 2.75) is 19.8 Å². The third-order valence-corrected chi connectivity index (χ3v) is 5.09. The highest BCUT2D eigenvalue weighted by Gasteiger charge is 2.24. The number of halogens is 2. The number of likely N-dealkylation sites (tertiary alicyclic amines) is 1. The van der Waals surface area contributed by atoms with E-state index in [2.05, 4.69) is 17.6 Å². The van der Waals surface area contributed by atoms with Crippen molar-refractivity contribution in [1.29, 1.82) is 0 Å². The zero-order valence-corrected chi connectivity index (χ0v) is 18.7. The number of nitrogens with one attached hydrogen (secondary N) is 2. The normalized spacial score (nSPS) is 13.8. The van der Waals surface area contributed by atoms with E-state index in [4.69, 9.17) is 4.74 Å². The summed E-state index contributed by atoms with van der Waals surface area (Å²) in [5.74, 6) is 1.55. The molecular formula is C22H31Cl2N3O2. The first-order valence-electron chi connectivity index (χ1n) is 9.71. The Kier molecular flexibility index (Phi) is 10.9. The third kappa shape index (κ3) is 6.81. The van der Waals surface area contributed by atoms with Gasteiger partial charge in [-0.15, -0.1) is 24.8 Å². The molecule has 3 rings (SSSR count). The van der Waals surface area contributed by atoms with Gasteiger partial charge in [-0.25, -0.2) is 0 Å². The topological polar surface area (TPSA) is 53.6 Å². The van der Waals surface area contributed by atoms with Crippen molar-refractivity contribution in [2.24, 2.45) is 5.92 Å². The fourth-order valence-corrected chi connectivity index (χ4v) is 3.49. The Bertz CT molecular complexity index is 765. The van der Waals surface area contributed by atoms with Crippen LogP contribution in [0.1, 0.15) is 30.1 Å². The first kappa shape index (κ1) is 25.1. The molecule has 1 aliphatic heterocycles. The molecule has 1 fully saturated rings. The lowest BCUT2D eigenvalue weighted by Crippen LogP contribution is -2.40. The Morgan fingerprint density at radius 2 is 1.83 bits per heavy atom. The van der Waals surface area contributed by atoms with Gasteiger partial charge in [-0.1, -0.05) is 25.1 Å². The average Bonchev–Trinajstić information content (AvgIpc) is 2.72. The lowest BCUT2D eigenvalue weighted by molar-refractivity contribution is 0.0691. The van der Waals surface area contributed by atoms with Crippen LogP contribution in [-0.4, -0.2) is 44.1 Å². The summed E-state index contributed by atoms with van der Waals surface area (Å²) in [7, 11) is 1.65. The van der Waals surface area contributed by atoms with Crippen LogP contribution in [0.25, 0.3) is 0 Å². The Morgan fingerprint density at radius 3 is 2.52 bits per heavy atom. The van der Waals surface area contributed by atoms with Crippen molar-refractivity contribution >= 4 is 42.1 Å². The summed E-state index contributed by atoms with van der Waals surface area (Å²) in [5, 5.41) is 6.78. The van der Waals surface area contributed by atoms with Gasteiger partial charge >= 0.3 is 0 Å². The van der Waals surface area contributed by atoms with E-state index in [1.165, 1.54) is 0 Å². The predicted octanol–water partition coefficient (Wildman–Crippen LogP) is 4.74. The standard InChI is InChI=1S/C22H29N3O2.2ClH/c1-3-23-16-17-11-13-25(14-12-17)22(26)20-9-4-5-10-21(20)24-18-7-6-8-19(15-18)27-2;;/h4-10,15,17,23-24H,3,11-14,16H2,1-2H3;2*1H. The summed E-state index contributed by atoms with van der Waals surface area (Å²) in [6, 6.07) is 15.4. The number of piperidine rings is 1. The van der Waals surface area contributed by atoms with Crippen LogP contribution in [-0.2, 0) is 0 Å². The Morgan fingerprint density at radius 1 is 1.10 bits per heavy atom. The summed E-state index contributed by atoms with van der Waals surface area (Å²) in [4.78, 5) is 15.1. The van der Waals surface area contributed by atoms with Crippen molar-refractivity contribution in [3.63, 3.8) is 0 Å². The first-order valence-corrected chi connectivity index (χ1v) is 9.71. The SMILES string of the molecule is CCNCC1CCN(C(=O)c2ccccc2Nc2cccc(OC)c2)CC1.Cl.Cl. The second kappa shape index (κ2) is 12.6. The maximum absolute atomic E-state index is 13.1. The molecule has 0 aromatic heterocycles. The lowest BCUT2D eigenvalue weighted by atomic mass is 9.96. The van der Waals surface area contributed by atoms with Crippen molar-refractivity contribution < 1.29 is 9.53 Å². The van der Waals surface area contributed by atoms with E-state index >= 15 is 0 Å². The van der Waals surface area contributed by atoms with E-state index in [-0.39, 0.29) is 30.7 Å². The zero-order valence-electron chi connectivity index (χ0n) is 17.0. The maximum atomic E-state index is 13.1. The molecule has 1 aliphatic rings. The van der Waals surface area contributed by atoms with E-state index in [1.807, 2.05) is 53.4 Å².